The molecule has 0 aliphatic heterocycles. The molecule has 0 radical (unpaired) electrons. The summed E-state index contributed by atoms with van der Waals surface area (Å²) in [5, 5.41) is 5.18. The number of anilines is 3. The molecule has 3 N–H and O–H groups in total. The van der Waals surface area contributed by atoms with Gasteiger partial charge in [0.25, 0.3) is 12.3 Å². The van der Waals surface area contributed by atoms with E-state index in [-0.39, 0.29) is 39.2 Å². The summed E-state index contributed by atoms with van der Waals surface area (Å²) in [7, 11) is -3.68. The number of benzene rings is 1. The van der Waals surface area contributed by atoms with Crippen LogP contribution in [0.15, 0.2) is 29.2 Å². The van der Waals surface area contributed by atoms with Gasteiger partial charge in [-0.1, -0.05) is 12.5 Å². The number of carbonyl (C=O) groups is 1. The van der Waals surface area contributed by atoms with Crippen molar-refractivity contribution in [3.63, 3.8) is 0 Å². The molecular weight excluding hydrogens is 490 g/mol. The van der Waals surface area contributed by atoms with Crippen LogP contribution in [0, 0.1) is 5.92 Å². The molecule has 2 fully saturated rings. The molecule has 0 bridgehead atoms. The highest BCUT2D eigenvalue weighted by Gasteiger charge is 2.61. The number of imidazole rings is 1. The zero-order chi connectivity index (χ0) is 25.1. The van der Waals surface area contributed by atoms with Gasteiger partial charge in [0.1, 0.15) is 17.3 Å². The van der Waals surface area contributed by atoms with Gasteiger partial charge in [0, 0.05) is 18.7 Å². The Labute approximate surface area is 197 Å². The lowest BCUT2D eigenvalue weighted by Gasteiger charge is -2.26. The Hall–Kier alpha value is -3.22. The molecule has 5 rings (SSSR count). The molecule has 186 valence electrons. The number of amides is 1. The summed E-state index contributed by atoms with van der Waals surface area (Å²) in [6, 6.07) is 6.21. The maximum absolute atomic E-state index is 13.3. The van der Waals surface area contributed by atoms with Crippen molar-refractivity contribution in [2.45, 2.75) is 48.8 Å². The Morgan fingerprint density at radius 3 is 2.46 bits per heavy atom. The van der Waals surface area contributed by atoms with Crippen LogP contribution in [0.5, 0.6) is 0 Å². The van der Waals surface area contributed by atoms with E-state index in [1.165, 1.54) is 6.07 Å². The number of alkyl halides is 4. The summed E-state index contributed by atoms with van der Waals surface area (Å²) in [6.07, 6.45) is 0.526. The van der Waals surface area contributed by atoms with Crippen molar-refractivity contribution in [1.29, 1.82) is 0 Å². The molecule has 1 unspecified atom stereocenters. The van der Waals surface area contributed by atoms with E-state index < -0.39 is 46.3 Å². The van der Waals surface area contributed by atoms with Crippen molar-refractivity contribution in [3.05, 3.63) is 35.7 Å². The van der Waals surface area contributed by atoms with Gasteiger partial charge in [0.2, 0.25) is 5.91 Å². The minimum absolute atomic E-state index is 0.0136. The lowest BCUT2D eigenvalue weighted by Crippen LogP contribution is -2.18. The van der Waals surface area contributed by atoms with E-state index >= 15 is 0 Å². The average molecular weight is 512 g/mol. The second kappa shape index (κ2) is 8.18. The first-order valence-electron chi connectivity index (χ1n) is 10.9. The van der Waals surface area contributed by atoms with E-state index in [4.69, 9.17) is 0 Å². The van der Waals surface area contributed by atoms with Gasteiger partial charge in [0.05, 0.1) is 16.3 Å². The van der Waals surface area contributed by atoms with Gasteiger partial charge in [0.15, 0.2) is 21.3 Å². The van der Waals surface area contributed by atoms with Gasteiger partial charge in [-0.2, -0.15) is 0 Å². The fraction of sp³-hybridized carbons (Fsp3) is 0.409. The zero-order valence-electron chi connectivity index (χ0n) is 18.4. The minimum Gasteiger partial charge on any atom is -0.352 e. The number of pyridine rings is 1. The first-order valence-corrected chi connectivity index (χ1v) is 12.8. The summed E-state index contributed by atoms with van der Waals surface area (Å²) >= 11 is 0. The first kappa shape index (κ1) is 23.5. The molecule has 0 spiro atoms. The summed E-state index contributed by atoms with van der Waals surface area (Å²) in [4.78, 5) is 22.4. The summed E-state index contributed by atoms with van der Waals surface area (Å²) < 4.78 is 78.2. The molecule has 35 heavy (non-hydrogen) atoms. The van der Waals surface area contributed by atoms with Crippen LogP contribution in [0.25, 0.3) is 11.2 Å². The van der Waals surface area contributed by atoms with Crippen LogP contribution < -0.4 is 10.6 Å². The molecule has 1 aromatic carbocycles. The highest BCUT2D eigenvalue weighted by Crippen LogP contribution is 2.49. The van der Waals surface area contributed by atoms with E-state index in [1.54, 1.807) is 18.2 Å². The van der Waals surface area contributed by atoms with E-state index in [1.807, 2.05) is 0 Å². The van der Waals surface area contributed by atoms with Crippen LogP contribution in [0.4, 0.5) is 34.8 Å². The number of hydrogen-bond acceptors (Lipinski definition) is 6. The number of aromatic nitrogens is 3. The minimum atomic E-state index is -3.68. The number of hydrogen-bond donors (Lipinski definition) is 3. The van der Waals surface area contributed by atoms with Crippen LogP contribution >= 0.6 is 0 Å². The number of aromatic amines is 1. The molecule has 2 aliphatic carbocycles. The predicted octanol–water partition coefficient (Wildman–Crippen LogP) is 4.90. The number of nitrogens with zero attached hydrogens (tertiary/aromatic N) is 2. The SMILES string of the molecule is CS(=O)(=O)c1cc(C2CCC2)ccc1Nc1cc(NC(=O)C2CC2(F)F)nc2[nH]c(C(F)F)nc12. The Morgan fingerprint density at radius 1 is 1.17 bits per heavy atom. The predicted molar refractivity (Wildman–Crippen MR) is 120 cm³/mol. The summed E-state index contributed by atoms with van der Waals surface area (Å²) in [6.45, 7) is 0. The van der Waals surface area contributed by atoms with Crippen molar-refractivity contribution < 1.29 is 30.8 Å². The third-order valence-electron chi connectivity index (χ3n) is 6.32. The van der Waals surface area contributed by atoms with Gasteiger partial charge in [-0.3, -0.25) is 4.79 Å². The van der Waals surface area contributed by atoms with Crippen molar-refractivity contribution in [2.24, 2.45) is 5.92 Å². The monoisotopic (exact) mass is 511 g/mol. The van der Waals surface area contributed by atoms with Gasteiger partial charge in [-0.05, 0) is 36.5 Å². The highest BCUT2D eigenvalue weighted by atomic mass is 32.2. The lowest BCUT2D eigenvalue weighted by molar-refractivity contribution is -0.119. The maximum atomic E-state index is 13.3. The van der Waals surface area contributed by atoms with Crippen LogP contribution in [-0.2, 0) is 14.6 Å². The summed E-state index contributed by atoms with van der Waals surface area (Å²) in [5.74, 6) is -6.13. The topological polar surface area (TPSA) is 117 Å². The van der Waals surface area contributed by atoms with E-state index in [0.717, 1.165) is 31.1 Å². The molecule has 8 nitrogen and oxygen atoms in total. The maximum Gasteiger partial charge on any atom is 0.295 e. The fourth-order valence-corrected chi connectivity index (χ4v) is 4.94. The second-order valence-electron chi connectivity index (χ2n) is 8.96. The molecule has 2 aliphatic rings. The second-order valence-corrected chi connectivity index (χ2v) is 10.9. The number of carbonyl (C=O) groups excluding carboxylic acids is 1. The average Bonchev–Trinajstić information content (AvgIpc) is 3.15. The fourth-order valence-electron chi connectivity index (χ4n) is 4.07. The molecule has 3 aromatic rings. The number of rotatable bonds is 7. The van der Waals surface area contributed by atoms with Crippen LogP contribution in [0.2, 0.25) is 0 Å². The van der Waals surface area contributed by atoms with Crippen molar-refractivity contribution in [1.82, 2.24) is 15.0 Å². The molecular formula is C22H21F4N5O3S. The standard InChI is InChI=1S/C22H21F4N5O3S/c1-35(33,34)15-7-11(10-3-2-4-10)5-6-13(15)27-14-8-16(29-21(32)12-9-22(12,25)26)28-19-17(14)30-20(31-19)18(23)24/h5-8,10,12,18H,2-4,9H2,1H3,(H3,27,28,29,30,31,32). The molecule has 1 amide bonds. The lowest BCUT2D eigenvalue weighted by atomic mass is 9.80. The Kier molecular flexibility index (Phi) is 5.49. The number of sulfone groups is 1. The number of fused-ring (bicyclic) bond motifs is 1. The van der Waals surface area contributed by atoms with Gasteiger partial charge < -0.3 is 15.6 Å². The normalized spacial score (nSPS) is 19.5. The first-order chi connectivity index (χ1) is 16.4. The molecule has 0 saturated heterocycles. The molecule has 2 saturated carbocycles. The smallest absolute Gasteiger partial charge is 0.295 e. The third-order valence-corrected chi connectivity index (χ3v) is 7.46. The van der Waals surface area contributed by atoms with E-state index in [9.17, 15) is 30.8 Å². The Morgan fingerprint density at radius 2 is 1.89 bits per heavy atom. The van der Waals surface area contributed by atoms with Crippen molar-refractivity contribution >= 4 is 44.1 Å². The number of halogens is 4. The van der Waals surface area contributed by atoms with Gasteiger partial charge in [-0.25, -0.2) is 35.9 Å². The Balaban J connectivity index is 1.55. The van der Waals surface area contributed by atoms with Crippen LogP contribution in [0.1, 0.15) is 49.4 Å². The number of nitrogens with one attached hydrogen (secondary N) is 3. The van der Waals surface area contributed by atoms with Gasteiger partial charge >= 0.3 is 0 Å². The molecule has 13 heteroatoms. The van der Waals surface area contributed by atoms with Crippen molar-refractivity contribution in [3.8, 4) is 0 Å². The van der Waals surface area contributed by atoms with Gasteiger partial charge in [-0.15, -0.1) is 0 Å². The third kappa shape index (κ3) is 4.56. The van der Waals surface area contributed by atoms with E-state index in [0.29, 0.717) is 0 Å². The zero-order valence-corrected chi connectivity index (χ0v) is 19.2. The largest absolute Gasteiger partial charge is 0.352 e. The Bertz CT molecular complexity index is 1440. The molecule has 2 aromatic heterocycles. The van der Waals surface area contributed by atoms with Crippen LogP contribution in [-0.4, -0.2) is 41.5 Å². The highest BCUT2D eigenvalue weighted by molar-refractivity contribution is 7.90. The quantitative estimate of drug-likeness (QED) is 0.389. The van der Waals surface area contributed by atoms with Crippen molar-refractivity contribution in [2.75, 3.05) is 16.9 Å². The number of H-pyrrole nitrogens is 1. The molecule has 2 heterocycles. The van der Waals surface area contributed by atoms with E-state index in [2.05, 4.69) is 25.6 Å². The summed E-state index contributed by atoms with van der Waals surface area (Å²) in [5.41, 5.74) is 0.973. The van der Waals surface area contributed by atoms with Crippen LogP contribution in [0.3, 0.4) is 0 Å². The molecule has 1 atom stereocenters.